The largest absolute Gasteiger partial charge is 0.444 e. The van der Waals surface area contributed by atoms with E-state index in [1.54, 1.807) is 6.20 Å². The summed E-state index contributed by atoms with van der Waals surface area (Å²) < 4.78 is 23.4. The summed E-state index contributed by atoms with van der Waals surface area (Å²) in [6, 6.07) is -0.0781. The van der Waals surface area contributed by atoms with Gasteiger partial charge in [0.25, 0.3) is 0 Å². The maximum Gasteiger partial charge on any atom is 0.407 e. The van der Waals surface area contributed by atoms with Gasteiger partial charge in [-0.3, -0.25) is 0 Å². The van der Waals surface area contributed by atoms with E-state index in [9.17, 15) is 4.79 Å². The molecule has 1 aromatic heterocycles. The van der Waals surface area contributed by atoms with Gasteiger partial charge in [0.2, 0.25) is 0 Å². The van der Waals surface area contributed by atoms with Crippen LogP contribution in [0.15, 0.2) is 11.6 Å². The van der Waals surface area contributed by atoms with Crippen LogP contribution in [0.1, 0.15) is 34.6 Å². The fourth-order valence-corrected chi connectivity index (χ4v) is 3.67. The Morgan fingerprint density at radius 3 is 2.77 bits per heavy atom. The van der Waals surface area contributed by atoms with Crippen molar-refractivity contribution in [2.45, 2.75) is 70.4 Å². The highest BCUT2D eigenvalue weighted by atomic mass is 32.1. The molecule has 2 fully saturated rings. The number of carbonyl (C=O) groups excluding carboxylic acids is 1. The number of nitrogens with zero attached hydrogens (tertiary/aromatic N) is 1. The molecule has 2 N–H and O–H groups in total. The fourth-order valence-electron chi connectivity index (χ4n) is 3.08. The molecule has 0 bridgehead atoms. The number of ether oxygens (including phenoxy) is 4. The average molecular weight is 385 g/mol. The molecule has 1 amide bonds. The van der Waals surface area contributed by atoms with E-state index in [0.29, 0.717) is 13.2 Å². The Bertz CT molecular complexity index is 616. The smallest absolute Gasteiger partial charge is 0.407 e. The molecule has 0 radical (unpaired) electrons. The van der Waals surface area contributed by atoms with E-state index in [0.717, 1.165) is 5.13 Å². The van der Waals surface area contributed by atoms with Crippen molar-refractivity contribution >= 4 is 22.6 Å². The van der Waals surface area contributed by atoms with Gasteiger partial charge in [-0.05, 0) is 34.6 Å². The van der Waals surface area contributed by atoms with Crippen LogP contribution >= 0.6 is 11.3 Å². The molecule has 0 aromatic carbocycles. The molecule has 1 aromatic rings. The molecule has 146 valence electrons. The van der Waals surface area contributed by atoms with Crippen molar-refractivity contribution < 1.29 is 23.7 Å². The summed E-state index contributed by atoms with van der Waals surface area (Å²) in [4.78, 5) is 16.2. The van der Waals surface area contributed by atoms with Crippen LogP contribution in [-0.4, -0.2) is 60.0 Å². The molecule has 2 aliphatic rings. The number of fused-ring (bicyclic) bond motifs is 1. The third kappa shape index (κ3) is 4.85. The van der Waals surface area contributed by atoms with Crippen molar-refractivity contribution in [2.75, 3.05) is 18.5 Å². The lowest BCUT2D eigenvalue weighted by Gasteiger charge is -2.37. The first kappa shape index (κ1) is 19.3. The lowest BCUT2D eigenvalue weighted by Crippen LogP contribution is -2.57. The van der Waals surface area contributed by atoms with Crippen LogP contribution in [0.25, 0.3) is 0 Å². The Labute approximate surface area is 157 Å². The second kappa shape index (κ2) is 7.30. The Hall–Kier alpha value is -1.42. The van der Waals surface area contributed by atoms with Gasteiger partial charge in [0.05, 0.1) is 12.6 Å². The Morgan fingerprint density at radius 1 is 1.38 bits per heavy atom. The highest BCUT2D eigenvalue weighted by molar-refractivity contribution is 7.13. The highest BCUT2D eigenvalue weighted by Crippen LogP contribution is 2.36. The normalized spacial score (nSPS) is 30.5. The summed E-state index contributed by atoms with van der Waals surface area (Å²) in [7, 11) is 0. The van der Waals surface area contributed by atoms with E-state index in [2.05, 4.69) is 15.6 Å². The molecule has 3 rings (SSSR count). The maximum atomic E-state index is 11.9. The third-order valence-corrected chi connectivity index (χ3v) is 4.71. The Kier molecular flexibility index (Phi) is 5.43. The number of thiazole rings is 1. The minimum Gasteiger partial charge on any atom is -0.444 e. The van der Waals surface area contributed by atoms with Crippen LogP contribution < -0.4 is 10.6 Å². The highest BCUT2D eigenvalue weighted by Gasteiger charge is 2.52. The zero-order valence-corrected chi connectivity index (χ0v) is 16.6. The van der Waals surface area contributed by atoms with E-state index in [4.69, 9.17) is 18.9 Å². The lowest BCUT2D eigenvalue weighted by atomic mass is 9.98. The number of nitrogens with one attached hydrogen (secondary N) is 2. The number of carbonyl (C=O) groups is 1. The third-order valence-electron chi connectivity index (χ3n) is 4.00. The number of rotatable bonds is 4. The standard InChI is InChI=1S/C17H27N3O5S/c1-16(2,3)25-15(21)19-8-11-13-12(23-17(4,5)24-13)10(9-22-11)20-14-18-6-7-26-14/h6-7,10-13H,8-9H2,1-5H3,(H,18,20)(H,19,21)/t10-,11?,12?,13?/m0/s1. The van der Waals surface area contributed by atoms with Crippen LogP contribution in [0.4, 0.5) is 9.93 Å². The van der Waals surface area contributed by atoms with E-state index in [-0.39, 0.29) is 24.4 Å². The van der Waals surface area contributed by atoms with Crippen molar-refractivity contribution in [1.82, 2.24) is 10.3 Å². The molecule has 2 aliphatic heterocycles. The van der Waals surface area contributed by atoms with Gasteiger partial charge in [0.15, 0.2) is 10.9 Å². The second-order valence-corrected chi connectivity index (χ2v) is 8.80. The molecular weight excluding hydrogens is 358 g/mol. The summed E-state index contributed by atoms with van der Waals surface area (Å²) in [5.41, 5.74) is -0.544. The van der Waals surface area contributed by atoms with Crippen molar-refractivity contribution in [3.05, 3.63) is 11.6 Å². The van der Waals surface area contributed by atoms with Gasteiger partial charge < -0.3 is 29.6 Å². The molecule has 0 spiro atoms. The summed E-state index contributed by atoms with van der Waals surface area (Å²) in [6.07, 6.45) is 0.458. The monoisotopic (exact) mass is 385 g/mol. The lowest BCUT2D eigenvalue weighted by molar-refractivity contribution is -0.153. The van der Waals surface area contributed by atoms with Gasteiger partial charge in [-0.1, -0.05) is 0 Å². The molecule has 3 unspecified atom stereocenters. The number of anilines is 1. The summed E-state index contributed by atoms with van der Waals surface area (Å²) in [5.74, 6) is -0.712. The first-order valence-corrected chi connectivity index (χ1v) is 9.61. The second-order valence-electron chi connectivity index (χ2n) is 7.91. The molecular formula is C17H27N3O5S. The molecule has 9 heteroatoms. The van der Waals surface area contributed by atoms with Gasteiger partial charge in [0, 0.05) is 18.1 Å². The predicted molar refractivity (Wildman–Crippen MR) is 97.3 cm³/mol. The molecule has 0 aliphatic carbocycles. The summed E-state index contributed by atoms with van der Waals surface area (Å²) in [5, 5.41) is 8.83. The van der Waals surface area contributed by atoms with E-state index in [1.165, 1.54) is 11.3 Å². The number of aromatic nitrogens is 1. The van der Waals surface area contributed by atoms with Crippen molar-refractivity contribution in [1.29, 1.82) is 0 Å². The minimum atomic E-state index is -0.712. The molecule has 3 heterocycles. The first-order chi connectivity index (χ1) is 12.1. The van der Waals surface area contributed by atoms with Gasteiger partial charge in [-0.2, -0.15) is 0 Å². The van der Waals surface area contributed by atoms with Gasteiger partial charge >= 0.3 is 6.09 Å². The molecule has 0 saturated carbocycles. The first-order valence-electron chi connectivity index (χ1n) is 8.73. The molecule has 2 saturated heterocycles. The fraction of sp³-hybridized carbons (Fsp3) is 0.765. The predicted octanol–water partition coefficient (Wildman–Crippen LogP) is 2.37. The zero-order valence-electron chi connectivity index (χ0n) is 15.8. The van der Waals surface area contributed by atoms with Gasteiger partial charge in [-0.15, -0.1) is 11.3 Å². The van der Waals surface area contributed by atoms with E-state index in [1.807, 2.05) is 40.0 Å². The van der Waals surface area contributed by atoms with Crippen LogP contribution in [-0.2, 0) is 18.9 Å². The Morgan fingerprint density at radius 2 is 2.12 bits per heavy atom. The topological polar surface area (TPSA) is 90.9 Å². The van der Waals surface area contributed by atoms with Crippen molar-refractivity contribution in [3.8, 4) is 0 Å². The van der Waals surface area contributed by atoms with Gasteiger partial charge in [0.1, 0.15) is 23.9 Å². The number of alkyl carbamates (subject to hydrolysis) is 1. The van der Waals surface area contributed by atoms with E-state index >= 15 is 0 Å². The van der Waals surface area contributed by atoms with Crippen molar-refractivity contribution in [2.24, 2.45) is 0 Å². The molecule has 26 heavy (non-hydrogen) atoms. The van der Waals surface area contributed by atoms with E-state index < -0.39 is 17.5 Å². The minimum absolute atomic E-state index is 0.0781. The van der Waals surface area contributed by atoms with Crippen LogP contribution in [0.3, 0.4) is 0 Å². The zero-order chi connectivity index (χ0) is 18.9. The van der Waals surface area contributed by atoms with Crippen molar-refractivity contribution in [3.63, 3.8) is 0 Å². The van der Waals surface area contributed by atoms with Crippen LogP contribution in [0.5, 0.6) is 0 Å². The summed E-state index contributed by atoms with van der Waals surface area (Å²) >= 11 is 1.52. The number of hydrogen-bond acceptors (Lipinski definition) is 8. The van der Waals surface area contributed by atoms with Crippen LogP contribution in [0.2, 0.25) is 0 Å². The summed E-state index contributed by atoms with van der Waals surface area (Å²) in [6.45, 7) is 9.95. The SMILES string of the molecule is CC(C)(C)OC(=O)NCC1OC[C@H](Nc2nccs2)C2OC(C)(C)OC12. The molecule has 4 atom stereocenters. The number of hydrogen-bond donors (Lipinski definition) is 2. The maximum absolute atomic E-state index is 11.9. The quantitative estimate of drug-likeness (QED) is 0.822. The molecule has 8 nitrogen and oxygen atoms in total. The number of amides is 1. The average Bonchev–Trinajstić information content (AvgIpc) is 3.11. The Balaban J connectivity index is 1.62. The van der Waals surface area contributed by atoms with Crippen LogP contribution in [0, 0.1) is 0 Å². The van der Waals surface area contributed by atoms with Gasteiger partial charge in [-0.25, -0.2) is 9.78 Å².